The van der Waals surface area contributed by atoms with Gasteiger partial charge < -0.3 is 14.7 Å². The van der Waals surface area contributed by atoms with Gasteiger partial charge in [0.25, 0.3) is 0 Å². The highest BCUT2D eigenvalue weighted by molar-refractivity contribution is 5.80. The smallest absolute Gasteiger partial charge is 0.320 e. The molecule has 2 rings (SSSR count). The van der Waals surface area contributed by atoms with Crippen LogP contribution in [0.3, 0.4) is 0 Å². The molecule has 1 N–H and O–H groups in total. The highest BCUT2D eigenvalue weighted by Gasteiger charge is 2.34. The Kier molecular flexibility index (Phi) is 5.37. The van der Waals surface area contributed by atoms with Crippen LogP contribution in [0.5, 0.6) is 0 Å². The zero-order valence-electron chi connectivity index (χ0n) is 12.1. The van der Waals surface area contributed by atoms with E-state index in [-0.39, 0.29) is 12.5 Å². The molecule has 20 heavy (non-hydrogen) atoms. The third-order valence-electron chi connectivity index (χ3n) is 4.39. The van der Waals surface area contributed by atoms with Gasteiger partial charge in [0.2, 0.25) is 5.91 Å². The molecule has 0 radical (unpaired) electrons. The minimum Gasteiger partial charge on any atom is -0.480 e. The minimum atomic E-state index is -0.807. The first-order chi connectivity index (χ1) is 9.61. The number of amides is 1. The Morgan fingerprint density at radius 1 is 1.25 bits per heavy atom. The van der Waals surface area contributed by atoms with E-state index in [1.54, 1.807) is 4.90 Å². The highest BCUT2D eigenvalue weighted by atomic mass is 16.5. The second-order valence-corrected chi connectivity index (χ2v) is 5.62. The number of likely N-dealkylation sites (tertiary alicyclic amines) is 1. The van der Waals surface area contributed by atoms with Gasteiger partial charge in [0.1, 0.15) is 6.04 Å². The molecule has 1 amide bonds. The summed E-state index contributed by atoms with van der Waals surface area (Å²) in [5, 5.41) is 9.36. The molecule has 6 heteroatoms. The van der Waals surface area contributed by atoms with Gasteiger partial charge in [0, 0.05) is 13.1 Å². The van der Waals surface area contributed by atoms with E-state index in [1.807, 2.05) is 4.90 Å². The molecule has 2 fully saturated rings. The number of carbonyl (C=O) groups is 2. The van der Waals surface area contributed by atoms with Gasteiger partial charge >= 0.3 is 5.97 Å². The quantitative estimate of drug-likeness (QED) is 0.810. The van der Waals surface area contributed by atoms with Crippen molar-refractivity contribution in [2.45, 2.75) is 32.2 Å². The van der Waals surface area contributed by atoms with Crippen LogP contribution in [-0.4, -0.2) is 72.2 Å². The molecule has 6 nitrogen and oxygen atoms in total. The molecule has 0 aliphatic carbocycles. The van der Waals surface area contributed by atoms with E-state index in [4.69, 9.17) is 4.74 Å². The van der Waals surface area contributed by atoms with E-state index in [0.29, 0.717) is 45.2 Å². The number of aliphatic carboxylic acids is 1. The lowest BCUT2D eigenvalue weighted by Crippen LogP contribution is -2.52. The van der Waals surface area contributed by atoms with Crippen LogP contribution in [0.4, 0.5) is 0 Å². The molecule has 0 spiro atoms. The normalized spacial score (nSPS) is 28.4. The van der Waals surface area contributed by atoms with Crippen molar-refractivity contribution in [1.29, 1.82) is 0 Å². The van der Waals surface area contributed by atoms with Crippen LogP contribution in [0.1, 0.15) is 26.2 Å². The molecule has 0 saturated carbocycles. The average molecular weight is 284 g/mol. The first-order valence-corrected chi connectivity index (χ1v) is 7.44. The number of hydrogen-bond acceptors (Lipinski definition) is 4. The first-order valence-electron chi connectivity index (χ1n) is 7.44. The molecule has 2 aliphatic heterocycles. The highest BCUT2D eigenvalue weighted by Crippen LogP contribution is 2.25. The van der Waals surface area contributed by atoms with Crippen molar-refractivity contribution >= 4 is 11.9 Å². The van der Waals surface area contributed by atoms with Crippen molar-refractivity contribution in [1.82, 2.24) is 9.80 Å². The molecule has 0 aromatic carbocycles. The second kappa shape index (κ2) is 7.04. The fourth-order valence-electron chi connectivity index (χ4n) is 2.99. The molecule has 0 bridgehead atoms. The number of morpholine rings is 1. The van der Waals surface area contributed by atoms with Crippen LogP contribution < -0.4 is 0 Å². The summed E-state index contributed by atoms with van der Waals surface area (Å²) in [5.41, 5.74) is 0. The van der Waals surface area contributed by atoms with E-state index in [0.717, 1.165) is 12.8 Å². The Hall–Kier alpha value is -1.14. The van der Waals surface area contributed by atoms with Crippen LogP contribution in [0.25, 0.3) is 0 Å². The third kappa shape index (κ3) is 3.70. The number of hydrogen-bond donors (Lipinski definition) is 1. The summed E-state index contributed by atoms with van der Waals surface area (Å²) in [5.74, 6) is -0.321. The summed E-state index contributed by atoms with van der Waals surface area (Å²) in [7, 11) is 0. The Morgan fingerprint density at radius 2 is 1.95 bits per heavy atom. The molecule has 114 valence electrons. The molecule has 2 unspecified atom stereocenters. The molecule has 0 aromatic heterocycles. The summed E-state index contributed by atoms with van der Waals surface area (Å²) in [6.45, 7) is 5.39. The fraction of sp³-hybridized carbons (Fsp3) is 0.857. The van der Waals surface area contributed by atoms with E-state index in [2.05, 4.69) is 6.92 Å². The molecule has 2 saturated heterocycles. The largest absolute Gasteiger partial charge is 0.480 e. The summed E-state index contributed by atoms with van der Waals surface area (Å²) in [4.78, 5) is 27.2. The van der Waals surface area contributed by atoms with Crippen molar-refractivity contribution in [3.8, 4) is 0 Å². The first kappa shape index (κ1) is 15.3. The van der Waals surface area contributed by atoms with Gasteiger partial charge in [-0.15, -0.1) is 0 Å². The second-order valence-electron chi connectivity index (χ2n) is 5.62. The van der Waals surface area contributed by atoms with Crippen LogP contribution in [0.2, 0.25) is 0 Å². The molecule has 0 aromatic rings. The molecular weight excluding hydrogens is 260 g/mol. The number of carbonyl (C=O) groups excluding carboxylic acids is 1. The fourth-order valence-corrected chi connectivity index (χ4v) is 2.99. The molecule has 2 heterocycles. The Morgan fingerprint density at radius 3 is 2.55 bits per heavy atom. The van der Waals surface area contributed by atoms with E-state index >= 15 is 0 Å². The van der Waals surface area contributed by atoms with Crippen LogP contribution in [0.15, 0.2) is 0 Å². The lowest BCUT2D eigenvalue weighted by molar-refractivity contribution is -0.148. The Balaban J connectivity index is 1.92. The van der Waals surface area contributed by atoms with Crippen LogP contribution in [0, 0.1) is 5.92 Å². The van der Waals surface area contributed by atoms with Gasteiger partial charge in [-0.3, -0.25) is 14.5 Å². The van der Waals surface area contributed by atoms with Crippen LogP contribution in [-0.2, 0) is 14.3 Å². The van der Waals surface area contributed by atoms with Crippen molar-refractivity contribution in [3.05, 3.63) is 0 Å². The van der Waals surface area contributed by atoms with E-state index < -0.39 is 12.0 Å². The zero-order valence-corrected chi connectivity index (χ0v) is 12.1. The zero-order chi connectivity index (χ0) is 14.5. The lowest BCUT2D eigenvalue weighted by Gasteiger charge is -2.38. The maximum atomic E-state index is 12.2. The SMILES string of the molecule is CCC1CCN(CC(=O)N2CCOCC2)C(C(=O)O)C1. The van der Waals surface area contributed by atoms with Gasteiger partial charge in [0.05, 0.1) is 19.8 Å². The molecule has 2 aliphatic rings. The number of piperidine rings is 1. The van der Waals surface area contributed by atoms with Crippen LogP contribution >= 0.6 is 0 Å². The predicted octanol–water partition coefficient (Wildman–Crippen LogP) is 0.420. The monoisotopic (exact) mass is 284 g/mol. The van der Waals surface area contributed by atoms with Gasteiger partial charge in [-0.2, -0.15) is 0 Å². The number of rotatable bonds is 4. The van der Waals surface area contributed by atoms with Crippen molar-refractivity contribution < 1.29 is 19.4 Å². The number of ether oxygens (including phenoxy) is 1. The third-order valence-corrected chi connectivity index (χ3v) is 4.39. The van der Waals surface area contributed by atoms with Crippen molar-refractivity contribution in [2.75, 3.05) is 39.4 Å². The van der Waals surface area contributed by atoms with Crippen molar-refractivity contribution in [2.24, 2.45) is 5.92 Å². The lowest BCUT2D eigenvalue weighted by atomic mass is 9.89. The number of nitrogens with zero attached hydrogens (tertiary/aromatic N) is 2. The Bertz CT molecular complexity index is 355. The van der Waals surface area contributed by atoms with E-state index in [9.17, 15) is 14.7 Å². The molecular formula is C14H24N2O4. The standard InChI is InChI=1S/C14H24N2O4/c1-2-11-3-4-16(12(9-11)14(18)19)10-13(17)15-5-7-20-8-6-15/h11-12H,2-10H2,1H3,(H,18,19). The minimum absolute atomic E-state index is 0.0227. The average Bonchev–Trinajstić information content (AvgIpc) is 2.48. The van der Waals surface area contributed by atoms with Gasteiger partial charge in [-0.1, -0.05) is 13.3 Å². The number of carboxylic acids is 1. The summed E-state index contributed by atoms with van der Waals surface area (Å²) in [6.07, 6.45) is 2.65. The topological polar surface area (TPSA) is 70.1 Å². The van der Waals surface area contributed by atoms with Gasteiger partial charge in [0.15, 0.2) is 0 Å². The maximum Gasteiger partial charge on any atom is 0.320 e. The maximum absolute atomic E-state index is 12.2. The van der Waals surface area contributed by atoms with Crippen molar-refractivity contribution in [3.63, 3.8) is 0 Å². The summed E-state index contributed by atoms with van der Waals surface area (Å²) < 4.78 is 5.23. The Labute approximate surface area is 119 Å². The summed E-state index contributed by atoms with van der Waals surface area (Å²) >= 11 is 0. The van der Waals surface area contributed by atoms with E-state index in [1.165, 1.54) is 0 Å². The van der Waals surface area contributed by atoms with Gasteiger partial charge in [-0.25, -0.2) is 0 Å². The summed E-state index contributed by atoms with van der Waals surface area (Å²) in [6, 6.07) is -0.515. The molecule has 2 atom stereocenters. The number of carboxylic acid groups (broad SMARTS) is 1. The van der Waals surface area contributed by atoms with Gasteiger partial charge in [-0.05, 0) is 25.3 Å². The predicted molar refractivity (Wildman–Crippen MR) is 73.4 cm³/mol.